The van der Waals surface area contributed by atoms with Crippen LogP contribution in [0.1, 0.15) is 18.4 Å². The molecular formula is C24H22F2N2. The quantitative estimate of drug-likeness (QED) is 0.395. The first-order valence-corrected chi connectivity index (χ1v) is 9.53. The molecule has 0 aliphatic heterocycles. The van der Waals surface area contributed by atoms with E-state index in [2.05, 4.69) is 23.2 Å². The number of rotatable bonds is 6. The Morgan fingerprint density at radius 2 is 1.54 bits per heavy atom. The molecule has 2 nitrogen and oxygen atoms in total. The molecule has 0 atom stereocenters. The Hall–Kier alpha value is -2.98. The number of benzene rings is 3. The molecule has 0 spiro atoms. The van der Waals surface area contributed by atoms with E-state index in [0.29, 0.717) is 23.9 Å². The third kappa shape index (κ3) is 3.43. The number of H-pyrrole nitrogens is 1. The van der Waals surface area contributed by atoms with Crippen LogP contribution >= 0.6 is 0 Å². The largest absolute Gasteiger partial charge is 0.352 e. The lowest BCUT2D eigenvalue weighted by molar-refractivity contribution is 0.591. The molecule has 0 aliphatic carbocycles. The van der Waals surface area contributed by atoms with E-state index < -0.39 is 11.6 Å². The molecule has 0 saturated heterocycles. The zero-order valence-electron chi connectivity index (χ0n) is 15.5. The second-order valence-electron chi connectivity index (χ2n) is 6.95. The normalized spacial score (nSPS) is 11.2. The van der Waals surface area contributed by atoms with Gasteiger partial charge >= 0.3 is 0 Å². The first-order chi connectivity index (χ1) is 13.7. The Balaban J connectivity index is 1.94. The van der Waals surface area contributed by atoms with Crippen LogP contribution in [0.15, 0.2) is 66.7 Å². The fourth-order valence-corrected chi connectivity index (χ4v) is 3.78. The molecule has 142 valence electrons. The van der Waals surface area contributed by atoms with E-state index in [-0.39, 0.29) is 0 Å². The van der Waals surface area contributed by atoms with Crippen molar-refractivity contribution >= 4 is 10.9 Å². The maximum Gasteiger partial charge on any atom is 0.150 e. The molecule has 0 amide bonds. The molecule has 0 unspecified atom stereocenters. The van der Waals surface area contributed by atoms with Crippen molar-refractivity contribution in [3.63, 3.8) is 0 Å². The molecule has 0 aliphatic rings. The summed E-state index contributed by atoms with van der Waals surface area (Å²) in [6.45, 7) is 0.598. The molecule has 4 heteroatoms. The number of aromatic nitrogens is 1. The van der Waals surface area contributed by atoms with E-state index in [4.69, 9.17) is 5.73 Å². The van der Waals surface area contributed by atoms with E-state index in [1.807, 2.05) is 36.4 Å². The summed E-state index contributed by atoms with van der Waals surface area (Å²) in [5.41, 5.74) is 10.9. The van der Waals surface area contributed by atoms with Crippen molar-refractivity contribution in [3.8, 4) is 22.4 Å². The Morgan fingerprint density at radius 3 is 2.29 bits per heavy atom. The fraction of sp³-hybridized carbons (Fsp3) is 0.167. The fourth-order valence-electron chi connectivity index (χ4n) is 3.78. The molecule has 1 aromatic heterocycles. The van der Waals surface area contributed by atoms with Crippen molar-refractivity contribution in [2.45, 2.75) is 19.3 Å². The van der Waals surface area contributed by atoms with Gasteiger partial charge in [-0.15, -0.1) is 0 Å². The minimum atomic E-state index is -0.571. The molecular weight excluding hydrogens is 354 g/mol. The lowest BCUT2D eigenvalue weighted by Gasteiger charge is -2.11. The first kappa shape index (κ1) is 18.4. The molecule has 3 aromatic carbocycles. The Labute approximate surface area is 163 Å². The van der Waals surface area contributed by atoms with Crippen molar-refractivity contribution in [2.75, 3.05) is 6.54 Å². The highest BCUT2D eigenvalue weighted by Gasteiger charge is 2.19. The van der Waals surface area contributed by atoms with Gasteiger partial charge in [0.05, 0.1) is 11.2 Å². The van der Waals surface area contributed by atoms with Gasteiger partial charge in [-0.2, -0.15) is 0 Å². The van der Waals surface area contributed by atoms with E-state index in [1.54, 1.807) is 0 Å². The number of fused-ring (bicyclic) bond motifs is 1. The zero-order valence-corrected chi connectivity index (χ0v) is 15.5. The van der Waals surface area contributed by atoms with Gasteiger partial charge in [0.15, 0.2) is 0 Å². The molecule has 28 heavy (non-hydrogen) atoms. The highest BCUT2D eigenvalue weighted by molar-refractivity contribution is 5.94. The zero-order chi connectivity index (χ0) is 19.5. The summed E-state index contributed by atoms with van der Waals surface area (Å²) in [7, 11) is 0. The minimum Gasteiger partial charge on any atom is -0.352 e. The van der Waals surface area contributed by atoms with E-state index in [0.717, 1.165) is 46.9 Å². The van der Waals surface area contributed by atoms with Crippen LogP contribution in [0.3, 0.4) is 0 Å². The van der Waals surface area contributed by atoms with Gasteiger partial charge in [0, 0.05) is 17.0 Å². The van der Waals surface area contributed by atoms with Crippen LogP contribution in [0.2, 0.25) is 0 Å². The number of aryl methyl sites for hydroxylation is 1. The van der Waals surface area contributed by atoms with Gasteiger partial charge in [-0.3, -0.25) is 0 Å². The van der Waals surface area contributed by atoms with Crippen molar-refractivity contribution < 1.29 is 8.78 Å². The lowest BCUT2D eigenvalue weighted by Crippen LogP contribution is -1.99. The SMILES string of the molecule is NCCCCc1c(-c2ccccc2-c2ccccc2)[nH]c2c(F)cc(F)cc12. The number of nitrogens with one attached hydrogen (secondary N) is 1. The second-order valence-corrected chi connectivity index (χ2v) is 6.95. The van der Waals surface area contributed by atoms with Crippen LogP contribution in [0, 0.1) is 11.6 Å². The van der Waals surface area contributed by atoms with E-state index in [9.17, 15) is 8.78 Å². The smallest absolute Gasteiger partial charge is 0.150 e. The molecule has 4 rings (SSSR count). The predicted molar refractivity (Wildman–Crippen MR) is 111 cm³/mol. The van der Waals surface area contributed by atoms with Crippen LogP contribution in [-0.4, -0.2) is 11.5 Å². The van der Waals surface area contributed by atoms with Gasteiger partial charge in [-0.05, 0) is 48.6 Å². The third-order valence-corrected chi connectivity index (χ3v) is 5.09. The summed E-state index contributed by atoms with van der Waals surface area (Å²) < 4.78 is 28.4. The molecule has 4 aromatic rings. The maximum absolute atomic E-state index is 14.5. The Morgan fingerprint density at radius 1 is 0.821 bits per heavy atom. The standard InChI is InChI=1S/C24H22F2N2/c25-17-14-21-20(12-6-7-13-27)23(28-24(21)22(26)15-17)19-11-5-4-10-18(19)16-8-2-1-3-9-16/h1-5,8-11,14-15,28H,6-7,12-13,27H2. The van der Waals surface area contributed by atoms with Crippen LogP contribution in [0.5, 0.6) is 0 Å². The first-order valence-electron chi connectivity index (χ1n) is 9.53. The van der Waals surface area contributed by atoms with E-state index in [1.165, 1.54) is 6.07 Å². The van der Waals surface area contributed by atoms with Crippen LogP contribution < -0.4 is 5.73 Å². The maximum atomic E-state index is 14.5. The summed E-state index contributed by atoms with van der Waals surface area (Å²) in [6, 6.07) is 20.4. The minimum absolute atomic E-state index is 0.349. The number of hydrogen-bond acceptors (Lipinski definition) is 1. The highest BCUT2D eigenvalue weighted by atomic mass is 19.1. The predicted octanol–water partition coefficient (Wildman–Crippen LogP) is 6.06. The lowest BCUT2D eigenvalue weighted by atomic mass is 9.94. The summed E-state index contributed by atoms with van der Waals surface area (Å²) in [4.78, 5) is 3.24. The van der Waals surface area contributed by atoms with Crippen LogP contribution in [0.25, 0.3) is 33.3 Å². The molecule has 0 radical (unpaired) electrons. The van der Waals surface area contributed by atoms with Crippen LogP contribution in [-0.2, 0) is 6.42 Å². The second kappa shape index (κ2) is 7.95. The summed E-state index contributed by atoms with van der Waals surface area (Å²) in [6.07, 6.45) is 2.44. The number of hydrogen-bond donors (Lipinski definition) is 2. The number of halogens is 2. The van der Waals surface area contributed by atoms with Gasteiger partial charge < -0.3 is 10.7 Å². The van der Waals surface area contributed by atoms with Crippen LogP contribution in [0.4, 0.5) is 8.78 Å². The van der Waals surface area contributed by atoms with Crippen molar-refractivity contribution in [1.29, 1.82) is 0 Å². The number of nitrogens with two attached hydrogens (primary N) is 1. The average Bonchev–Trinajstić information content (AvgIpc) is 3.07. The topological polar surface area (TPSA) is 41.8 Å². The Bertz CT molecular complexity index is 1100. The molecule has 0 fully saturated rings. The number of unbranched alkanes of at least 4 members (excludes halogenated alkanes) is 1. The Kier molecular flexibility index (Phi) is 5.22. The summed E-state index contributed by atoms with van der Waals surface area (Å²) in [5.74, 6) is -1.13. The third-order valence-electron chi connectivity index (χ3n) is 5.09. The molecule has 0 saturated carbocycles. The monoisotopic (exact) mass is 376 g/mol. The van der Waals surface area contributed by atoms with Crippen molar-refractivity contribution in [2.24, 2.45) is 5.73 Å². The van der Waals surface area contributed by atoms with E-state index >= 15 is 0 Å². The number of aromatic amines is 1. The summed E-state index contributed by atoms with van der Waals surface area (Å²) in [5, 5.41) is 0.604. The highest BCUT2D eigenvalue weighted by Crippen LogP contribution is 2.38. The van der Waals surface area contributed by atoms with Gasteiger partial charge in [0.2, 0.25) is 0 Å². The van der Waals surface area contributed by atoms with Crippen molar-refractivity contribution in [1.82, 2.24) is 4.98 Å². The molecule has 1 heterocycles. The summed E-state index contributed by atoms with van der Waals surface area (Å²) >= 11 is 0. The van der Waals surface area contributed by atoms with Gasteiger partial charge in [0.1, 0.15) is 11.6 Å². The van der Waals surface area contributed by atoms with Crippen molar-refractivity contribution in [3.05, 3.63) is 83.9 Å². The van der Waals surface area contributed by atoms with Gasteiger partial charge in [0.25, 0.3) is 0 Å². The van der Waals surface area contributed by atoms with Gasteiger partial charge in [-0.25, -0.2) is 8.78 Å². The molecule has 0 bridgehead atoms. The molecule has 3 N–H and O–H groups in total. The average molecular weight is 376 g/mol. The van der Waals surface area contributed by atoms with Gasteiger partial charge in [-0.1, -0.05) is 54.6 Å².